The van der Waals surface area contributed by atoms with Crippen LogP contribution in [0.15, 0.2) is 24.5 Å². The summed E-state index contributed by atoms with van der Waals surface area (Å²) in [6.45, 7) is 6.03. The van der Waals surface area contributed by atoms with Gasteiger partial charge in [0.25, 0.3) is 0 Å². The van der Waals surface area contributed by atoms with E-state index in [-0.39, 0.29) is 6.04 Å². The van der Waals surface area contributed by atoms with Crippen LogP contribution in [0.4, 0.5) is 5.82 Å². The number of rotatable bonds is 4. The van der Waals surface area contributed by atoms with E-state index in [1.54, 1.807) is 10.9 Å². The number of aromatic nitrogens is 5. The van der Waals surface area contributed by atoms with Gasteiger partial charge in [-0.15, -0.1) is 0 Å². The van der Waals surface area contributed by atoms with Crippen molar-refractivity contribution >= 4 is 16.9 Å². The third-order valence-electron chi connectivity index (χ3n) is 3.62. The van der Waals surface area contributed by atoms with Crippen LogP contribution in [0.5, 0.6) is 0 Å². The predicted octanol–water partition coefficient (Wildman–Crippen LogP) is 2.42. The van der Waals surface area contributed by atoms with Gasteiger partial charge in [0.05, 0.1) is 11.1 Å². The zero-order valence-corrected chi connectivity index (χ0v) is 13.3. The molecule has 0 aliphatic rings. The van der Waals surface area contributed by atoms with Crippen LogP contribution >= 0.6 is 0 Å². The Morgan fingerprint density at radius 1 is 1.27 bits per heavy atom. The van der Waals surface area contributed by atoms with Gasteiger partial charge in [-0.05, 0) is 38.8 Å². The summed E-state index contributed by atoms with van der Waals surface area (Å²) in [5, 5.41) is 8.94. The number of nitrogens with zero attached hydrogens (tertiary/aromatic N) is 5. The van der Waals surface area contributed by atoms with Gasteiger partial charge >= 0.3 is 0 Å². The molecule has 3 aromatic heterocycles. The minimum Gasteiger partial charge on any atom is -0.367 e. The highest BCUT2D eigenvalue weighted by molar-refractivity contribution is 5.89. The molecule has 1 atom stereocenters. The van der Waals surface area contributed by atoms with E-state index in [1.807, 2.05) is 33.2 Å². The van der Waals surface area contributed by atoms with Gasteiger partial charge in [0.1, 0.15) is 11.6 Å². The van der Waals surface area contributed by atoms with Crippen LogP contribution in [-0.2, 0) is 13.5 Å². The monoisotopic (exact) mass is 296 g/mol. The van der Waals surface area contributed by atoms with Gasteiger partial charge in [0.15, 0.2) is 5.65 Å². The molecule has 0 radical (unpaired) electrons. The Kier molecular flexibility index (Phi) is 3.75. The van der Waals surface area contributed by atoms with Crippen LogP contribution in [0.25, 0.3) is 11.0 Å². The molecule has 114 valence electrons. The highest BCUT2D eigenvalue weighted by Gasteiger charge is 2.15. The van der Waals surface area contributed by atoms with E-state index < -0.39 is 0 Å². The highest BCUT2D eigenvalue weighted by atomic mass is 15.3. The SMILES string of the molecule is Cc1nc(NC(C)Cc2cccnc2)c2c(C)nn(C)c2n1. The Morgan fingerprint density at radius 3 is 2.82 bits per heavy atom. The molecule has 6 nitrogen and oxygen atoms in total. The smallest absolute Gasteiger partial charge is 0.163 e. The maximum Gasteiger partial charge on any atom is 0.163 e. The fraction of sp³-hybridized carbons (Fsp3) is 0.375. The number of aryl methyl sites for hydroxylation is 3. The van der Waals surface area contributed by atoms with Crippen molar-refractivity contribution in [3.05, 3.63) is 41.6 Å². The lowest BCUT2D eigenvalue weighted by molar-refractivity contribution is 0.769. The Balaban J connectivity index is 1.90. The van der Waals surface area contributed by atoms with Crippen molar-refractivity contribution in [3.63, 3.8) is 0 Å². The quantitative estimate of drug-likeness (QED) is 0.800. The fourth-order valence-electron chi connectivity index (χ4n) is 2.71. The molecule has 3 aromatic rings. The third kappa shape index (κ3) is 2.77. The van der Waals surface area contributed by atoms with Crippen molar-refractivity contribution in [3.8, 4) is 0 Å². The number of anilines is 1. The molecular weight excluding hydrogens is 276 g/mol. The second-order valence-electron chi connectivity index (χ2n) is 5.64. The zero-order chi connectivity index (χ0) is 15.7. The maximum absolute atomic E-state index is 4.57. The van der Waals surface area contributed by atoms with Crippen LogP contribution in [0.3, 0.4) is 0 Å². The molecule has 0 aliphatic carbocycles. The average molecular weight is 296 g/mol. The molecule has 0 fully saturated rings. The van der Waals surface area contributed by atoms with E-state index >= 15 is 0 Å². The van der Waals surface area contributed by atoms with Crippen molar-refractivity contribution in [1.82, 2.24) is 24.7 Å². The van der Waals surface area contributed by atoms with E-state index in [1.165, 1.54) is 5.56 Å². The van der Waals surface area contributed by atoms with E-state index in [4.69, 9.17) is 0 Å². The molecule has 0 spiro atoms. The molecule has 3 rings (SSSR count). The molecule has 1 N–H and O–H groups in total. The van der Waals surface area contributed by atoms with Crippen molar-refractivity contribution in [1.29, 1.82) is 0 Å². The normalized spacial score (nSPS) is 12.5. The van der Waals surface area contributed by atoms with Crippen LogP contribution < -0.4 is 5.32 Å². The number of pyridine rings is 1. The fourth-order valence-corrected chi connectivity index (χ4v) is 2.71. The molecule has 0 aliphatic heterocycles. The Labute approximate surface area is 129 Å². The van der Waals surface area contributed by atoms with E-state index in [0.29, 0.717) is 0 Å². The molecule has 3 heterocycles. The largest absolute Gasteiger partial charge is 0.367 e. The summed E-state index contributed by atoms with van der Waals surface area (Å²) in [6, 6.07) is 4.28. The lowest BCUT2D eigenvalue weighted by Crippen LogP contribution is -2.19. The van der Waals surface area contributed by atoms with Crippen LogP contribution in [0.2, 0.25) is 0 Å². The first-order valence-electron chi connectivity index (χ1n) is 7.38. The topological polar surface area (TPSA) is 68.5 Å². The molecule has 0 bridgehead atoms. The lowest BCUT2D eigenvalue weighted by atomic mass is 10.1. The summed E-state index contributed by atoms with van der Waals surface area (Å²) in [6.07, 6.45) is 4.57. The summed E-state index contributed by atoms with van der Waals surface area (Å²) < 4.78 is 1.80. The summed E-state index contributed by atoms with van der Waals surface area (Å²) in [5.41, 5.74) is 3.00. The number of hydrogen-bond donors (Lipinski definition) is 1. The first-order valence-corrected chi connectivity index (χ1v) is 7.38. The molecule has 0 aromatic carbocycles. The second kappa shape index (κ2) is 5.71. The summed E-state index contributed by atoms with van der Waals surface area (Å²) in [5.74, 6) is 1.59. The first kappa shape index (κ1) is 14.4. The molecule has 0 amide bonds. The number of hydrogen-bond acceptors (Lipinski definition) is 5. The molecule has 0 saturated carbocycles. The van der Waals surface area contributed by atoms with E-state index in [0.717, 1.165) is 34.8 Å². The Bertz CT molecular complexity index is 793. The van der Waals surface area contributed by atoms with Crippen molar-refractivity contribution < 1.29 is 0 Å². The van der Waals surface area contributed by atoms with E-state index in [9.17, 15) is 0 Å². The lowest BCUT2D eigenvalue weighted by Gasteiger charge is -2.15. The standard InChI is InChI=1S/C16H20N6/c1-10(8-13-6-5-7-17-9-13)18-15-14-11(2)21-22(4)16(14)20-12(3)19-15/h5-7,9-10H,8H2,1-4H3,(H,18,19,20). The van der Waals surface area contributed by atoms with Gasteiger partial charge in [0, 0.05) is 25.5 Å². The molecule has 6 heteroatoms. The van der Waals surface area contributed by atoms with Crippen molar-refractivity contribution in [2.75, 3.05) is 5.32 Å². The summed E-state index contributed by atoms with van der Waals surface area (Å²) in [7, 11) is 1.91. The van der Waals surface area contributed by atoms with Gasteiger partial charge in [-0.3, -0.25) is 9.67 Å². The van der Waals surface area contributed by atoms with Gasteiger partial charge in [-0.1, -0.05) is 6.07 Å². The number of nitrogens with one attached hydrogen (secondary N) is 1. The van der Waals surface area contributed by atoms with Crippen molar-refractivity contribution in [2.24, 2.45) is 7.05 Å². The van der Waals surface area contributed by atoms with Crippen LogP contribution in [0, 0.1) is 13.8 Å². The minimum atomic E-state index is 0.237. The zero-order valence-electron chi connectivity index (χ0n) is 13.3. The van der Waals surface area contributed by atoms with Crippen molar-refractivity contribution in [2.45, 2.75) is 33.2 Å². The summed E-state index contributed by atoms with van der Waals surface area (Å²) in [4.78, 5) is 13.2. The van der Waals surface area contributed by atoms with Gasteiger partial charge in [-0.2, -0.15) is 5.10 Å². The Morgan fingerprint density at radius 2 is 2.09 bits per heavy atom. The molecule has 0 saturated heterocycles. The van der Waals surface area contributed by atoms with Crippen LogP contribution in [-0.4, -0.2) is 30.8 Å². The van der Waals surface area contributed by atoms with Crippen LogP contribution in [0.1, 0.15) is 24.0 Å². The van der Waals surface area contributed by atoms with E-state index in [2.05, 4.69) is 38.4 Å². The molecular formula is C16H20N6. The predicted molar refractivity (Wildman–Crippen MR) is 86.8 cm³/mol. The average Bonchev–Trinajstić information content (AvgIpc) is 2.74. The third-order valence-corrected chi connectivity index (χ3v) is 3.62. The van der Waals surface area contributed by atoms with Gasteiger partial charge in [-0.25, -0.2) is 9.97 Å². The minimum absolute atomic E-state index is 0.237. The highest BCUT2D eigenvalue weighted by Crippen LogP contribution is 2.24. The Hall–Kier alpha value is -2.50. The second-order valence-corrected chi connectivity index (χ2v) is 5.64. The molecule has 22 heavy (non-hydrogen) atoms. The van der Waals surface area contributed by atoms with Gasteiger partial charge in [0.2, 0.25) is 0 Å². The maximum atomic E-state index is 4.57. The first-order chi connectivity index (χ1) is 10.5. The summed E-state index contributed by atoms with van der Waals surface area (Å²) >= 11 is 0. The molecule has 1 unspecified atom stereocenters. The number of fused-ring (bicyclic) bond motifs is 1. The van der Waals surface area contributed by atoms with Gasteiger partial charge < -0.3 is 5.32 Å².